The maximum Gasteiger partial charge on any atom is 0.220 e. The van der Waals surface area contributed by atoms with Crippen molar-refractivity contribution in [3.63, 3.8) is 0 Å². The molecule has 0 aromatic rings. The van der Waals surface area contributed by atoms with E-state index in [2.05, 4.69) is 19.2 Å². The summed E-state index contributed by atoms with van der Waals surface area (Å²) in [6.07, 6.45) is 22.6. The monoisotopic (exact) mass is 658 g/mol. The number of nitrogens with one attached hydrogen (secondary N) is 1. The fraction of sp³-hybridized carbons (Fsp3) is 0.919. The van der Waals surface area contributed by atoms with Crippen molar-refractivity contribution in [2.45, 2.75) is 204 Å². The molecule has 7 unspecified atom stereocenters. The normalized spacial score (nSPS) is 23.2. The highest BCUT2D eigenvalue weighted by Crippen LogP contribution is 2.22. The molecule has 0 spiro atoms. The summed E-state index contributed by atoms with van der Waals surface area (Å²) in [4.78, 5) is 12.8. The van der Waals surface area contributed by atoms with Crippen molar-refractivity contribution < 1.29 is 39.8 Å². The number of rotatable bonds is 30. The van der Waals surface area contributed by atoms with E-state index >= 15 is 0 Å². The van der Waals surface area contributed by atoms with Crippen LogP contribution in [0.15, 0.2) is 12.2 Å². The van der Waals surface area contributed by atoms with Gasteiger partial charge in [-0.2, -0.15) is 0 Å². The Labute approximate surface area is 280 Å². The van der Waals surface area contributed by atoms with E-state index in [0.29, 0.717) is 6.42 Å². The van der Waals surface area contributed by atoms with E-state index in [4.69, 9.17) is 9.47 Å². The predicted molar refractivity (Wildman–Crippen MR) is 184 cm³/mol. The van der Waals surface area contributed by atoms with E-state index in [0.717, 1.165) is 38.5 Å². The Kier molecular flexibility index (Phi) is 27.0. The number of allylic oxidation sites excluding steroid dienone is 1. The molecule has 272 valence electrons. The standard InChI is InChI=1S/C37H71NO8/c1-3-5-7-9-11-13-14-15-16-17-18-19-21-23-25-27-33(41)38-30(31(40)26-24-22-20-12-10-8-6-4-2)29-45-37-36(44)35(43)34(42)32(28-39)46-37/h24,26,30-32,34-37,39-40,42-44H,3-23,25,27-29H2,1-2H3,(H,38,41)/b26-24+. The number of carbonyl (C=O) groups is 1. The fourth-order valence-corrected chi connectivity index (χ4v) is 5.98. The molecule has 0 saturated carbocycles. The summed E-state index contributed by atoms with van der Waals surface area (Å²) in [6.45, 7) is 3.71. The summed E-state index contributed by atoms with van der Waals surface area (Å²) in [5.41, 5.74) is 0. The van der Waals surface area contributed by atoms with E-state index in [1.807, 2.05) is 6.08 Å². The highest BCUT2D eigenvalue weighted by Gasteiger charge is 2.44. The van der Waals surface area contributed by atoms with E-state index in [1.54, 1.807) is 6.08 Å². The lowest BCUT2D eigenvalue weighted by molar-refractivity contribution is -0.302. The smallest absolute Gasteiger partial charge is 0.220 e. The summed E-state index contributed by atoms with van der Waals surface area (Å²) in [5, 5.41) is 53.7. The number of aliphatic hydroxyl groups excluding tert-OH is 5. The van der Waals surface area contributed by atoms with Gasteiger partial charge in [-0.15, -0.1) is 0 Å². The molecule has 46 heavy (non-hydrogen) atoms. The Bertz CT molecular complexity index is 736. The Hall–Kier alpha value is -1.07. The van der Waals surface area contributed by atoms with Gasteiger partial charge < -0.3 is 40.3 Å². The molecular weight excluding hydrogens is 586 g/mol. The topological polar surface area (TPSA) is 149 Å². The van der Waals surface area contributed by atoms with Crippen LogP contribution in [-0.4, -0.2) is 87.5 Å². The molecular formula is C37H71NO8. The average molecular weight is 658 g/mol. The second-order valence-electron chi connectivity index (χ2n) is 13.4. The lowest BCUT2D eigenvalue weighted by Gasteiger charge is -2.40. The van der Waals surface area contributed by atoms with Gasteiger partial charge >= 0.3 is 0 Å². The first-order valence-electron chi connectivity index (χ1n) is 18.9. The second-order valence-corrected chi connectivity index (χ2v) is 13.4. The minimum atomic E-state index is -1.56. The van der Waals surface area contributed by atoms with Crippen molar-refractivity contribution in [2.75, 3.05) is 13.2 Å². The molecule has 1 aliphatic rings. The molecule has 0 bridgehead atoms. The van der Waals surface area contributed by atoms with Gasteiger partial charge in [0.2, 0.25) is 5.91 Å². The fourth-order valence-electron chi connectivity index (χ4n) is 5.98. The maximum absolute atomic E-state index is 12.8. The first-order valence-corrected chi connectivity index (χ1v) is 18.9. The summed E-state index contributed by atoms with van der Waals surface area (Å²) in [5.74, 6) is -0.180. The number of ether oxygens (including phenoxy) is 2. The van der Waals surface area contributed by atoms with Crippen LogP contribution >= 0.6 is 0 Å². The number of unbranched alkanes of at least 4 members (excludes halogenated alkanes) is 20. The zero-order chi connectivity index (χ0) is 33.8. The van der Waals surface area contributed by atoms with Crippen LogP contribution in [0, 0.1) is 0 Å². The van der Waals surface area contributed by atoms with Crippen molar-refractivity contribution in [1.82, 2.24) is 5.32 Å². The third kappa shape index (κ3) is 20.3. The van der Waals surface area contributed by atoms with E-state index in [9.17, 15) is 30.3 Å². The molecule has 1 amide bonds. The van der Waals surface area contributed by atoms with Gasteiger partial charge in [-0.1, -0.05) is 148 Å². The summed E-state index contributed by atoms with van der Waals surface area (Å²) in [6, 6.07) is -0.794. The van der Waals surface area contributed by atoms with E-state index in [1.165, 1.54) is 103 Å². The van der Waals surface area contributed by atoms with Gasteiger partial charge in [0.1, 0.15) is 24.4 Å². The van der Waals surface area contributed by atoms with Crippen LogP contribution in [0.5, 0.6) is 0 Å². The third-order valence-corrected chi connectivity index (χ3v) is 9.11. The maximum atomic E-state index is 12.8. The Balaban J connectivity index is 2.40. The van der Waals surface area contributed by atoms with E-state index < -0.39 is 49.5 Å². The van der Waals surface area contributed by atoms with Crippen LogP contribution in [0.3, 0.4) is 0 Å². The molecule has 0 aromatic carbocycles. The molecule has 0 aliphatic carbocycles. The number of hydrogen-bond acceptors (Lipinski definition) is 8. The van der Waals surface area contributed by atoms with Gasteiger partial charge in [-0.25, -0.2) is 0 Å². The largest absolute Gasteiger partial charge is 0.394 e. The molecule has 1 rings (SSSR count). The quantitative estimate of drug-likeness (QED) is 0.0394. The van der Waals surface area contributed by atoms with Crippen LogP contribution < -0.4 is 5.32 Å². The van der Waals surface area contributed by atoms with Gasteiger partial charge in [-0.3, -0.25) is 4.79 Å². The first-order chi connectivity index (χ1) is 22.3. The van der Waals surface area contributed by atoms with Crippen LogP contribution in [0.25, 0.3) is 0 Å². The van der Waals surface area contributed by atoms with Gasteiger partial charge in [0, 0.05) is 6.42 Å². The van der Waals surface area contributed by atoms with Crippen molar-refractivity contribution in [3.8, 4) is 0 Å². The minimum absolute atomic E-state index is 0.180. The van der Waals surface area contributed by atoms with Crippen molar-refractivity contribution in [2.24, 2.45) is 0 Å². The highest BCUT2D eigenvalue weighted by molar-refractivity contribution is 5.76. The van der Waals surface area contributed by atoms with Gasteiger partial charge in [0.25, 0.3) is 0 Å². The number of hydrogen-bond donors (Lipinski definition) is 6. The van der Waals surface area contributed by atoms with Gasteiger partial charge in [0.05, 0.1) is 25.4 Å². The minimum Gasteiger partial charge on any atom is -0.394 e. The van der Waals surface area contributed by atoms with Gasteiger partial charge in [-0.05, 0) is 19.3 Å². The highest BCUT2D eigenvalue weighted by atomic mass is 16.7. The zero-order valence-electron chi connectivity index (χ0n) is 29.3. The number of amides is 1. The predicted octanol–water partition coefficient (Wildman–Crippen LogP) is 6.22. The van der Waals surface area contributed by atoms with Gasteiger partial charge in [0.15, 0.2) is 6.29 Å². The van der Waals surface area contributed by atoms with Crippen LogP contribution in [0.2, 0.25) is 0 Å². The van der Waals surface area contributed by atoms with Crippen LogP contribution in [-0.2, 0) is 14.3 Å². The molecule has 0 radical (unpaired) electrons. The van der Waals surface area contributed by atoms with Crippen molar-refractivity contribution in [1.29, 1.82) is 0 Å². The molecule has 1 aliphatic heterocycles. The number of carbonyl (C=O) groups excluding carboxylic acids is 1. The molecule has 1 fully saturated rings. The molecule has 9 nitrogen and oxygen atoms in total. The lowest BCUT2D eigenvalue weighted by atomic mass is 9.99. The zero-order valence-corrected chi connectivity index (χ0v) is 29.3. The van der Waals surface area contributed by atoms with Crippen molar-refractivity contribution >= 4 is 5.91 Å². The van der Waals surface area contributed by atoms with E-state index in [-0.39, 0.29) is 12.5 Å². The average Bonchev–Trinajstić information content (AvgIpc) is 3.05. The van der Waals surface area contributed by atoms with Crippen LogP contribution in [0.1, 0.15) is 162 Å². The SMILES string of the molecule is CCCCCCCC/C=C/C(O)C(COC1OC(CO)C(O)C(O)C1O)NC(=O)CCCCCCCCCCCCCCCCC. The Morgan fingerprint density at radius 2 is 1.20 bits per heavy atom. The summed E-state index contributed by atoms with van der Waals surface area (Å²) < 4.78 is 11.1. The molecule has 9 heteroatoms. The Morgan fingerprint density at radius 1 is 0.717 bits per heavy atom. The Morgan fingerprint density at radius 3 is 1.70 bits per heavy atom. The lowest BCUT2D eigenvalue weighted by Crippen LogP contribution is -2.60. The van der Waals surface area contributed by atoms with Crippen molar-refractivity contribution in [3.05, 3.63) is 12.2 Å². The molecule has 1 heterocycles. The summed E-state index contributed by atoms with van der Waals surface area (Å²) in [7, 11) is 0. The summed E-state index contributed by atoms with van der Waals surface area (Å²) >= 11 is 0. The molecule has 1 saturated heterocycles. The molecule has 0 aromatic heterocycles. The second kappa shape index (κ2) is 28.9. The molecule has 6 N–H and O–H groups in total. The molecule has 7 atom stereocenters. The first kappa shape index (κ1) is 43.0. The van der Waals surface area contributed by atoms with Crippen LogP contribution in [0.4, 0.5) is 0 Å². The number of aliphatic hydroxyl groups is 5. The third-order valence-electron chi connectivity index (χ3n) is 9.11.